The first kappa shape index (κ1) is 15.2. The highest BCUT2D eigenvalue weighted by molar-refractivity contribution is 5.78. The van der Waals surface area contributed by atoms with E-state index in [2.05, 4.69) is 5.32 Å². The van der Waals surface area contributed by atoms with Gasteiger partial charge in [-0.15, -0.1) is 0 Å². The summed E-state index contributed by atoms with van der Waals surface area (Å²) in [5, 5.41) is 12.0. The van der Waals surface area contributed by atoms with Gasteiger partial charge < -0.3 is 9.84 Å². The van der Waals surface area contributed by atoms with Crippen molar-refractivity contribution < 1.29 is 27.8 Å². The van der Waals surface area contributed by atoms with Crippen molar-refractivity contribution in [2.45, 2.75) is 50.4 Å². The molecule has 1 unspecified atom stereocenters. The molecule has 2 N–H and O–H groups in total. The van der Waals surface area contributed by atoms with Crippen molar-refractivity contribution in [2.24, 2.45) is 0 Å². The summed E-state index contributed by atoms with van der Waals surface area (Å²) in [5.41, 5.74) is -1.22. The van der Waals surface area contributed by atoms with Gasteiger partial charge in [0.15, 0.2) is 0 Å². The molecular formula is C11H18F3NO3. The molecule has 0 bridgehead atoms. The molecule has 1 atom stereocenters. The van der Waals surface area contributed by atoms with E-state index in [9.17, 15) is 18.0 Å². The highest BCUT2D eigenvalue weighted by Gasteiger charge is 2.38. The minimum absolute atomic E-state index is 0.0886. The lowest BCUT2D eigenvalue weighted by atomic mass is 10.0. The van der Waals surface area contributed by atoms with E-state index >= 15 is 0 Å². The Bertz CT molecular complexity index is 292. The summed E-state index contributed by atoms with van der Waals surface area (Å²) in [5.74, 6) is -1.05. The second-order valence-electron chi connectivity index (χ2n) is 4.83. The van der Waals surface area contributed by atoms with Crippen LogP contribution in [0.25, 0.3) is 0 Å². The first-order valence-electron chi connectivity index (χ1n) is 5.88. The van der Waals surface area contributed by atoms with E-state index in [0.717, 1.165) is 12.8 Å². The number of aliphatic carboxylic acids is 1. The van der Waals surface area contributed by atoms with Gasteiger partial charge in [0.25, 0.3) is 0 Å². The molecule has 1 rings (SSSR count). The summed E-state index contributed by atoms with van der Waals surface area (Å²) >= 11 is 0. The predicted molar refractivity (Wildman–Crippen MR) is 58.3 cm³/mol. The number of rotatable bonds is 8. The van der Waals surface area contributed by atoms with Gasteiger partial charge in [-0.25, -0.2) is 0 Å². The van der Waals surface area contributed by atoms with Crippen LogP contribution in [0.2, 0.25) is 0 Å². The molecule has 1 aliphatic carbocycles. The van der Waals surface area contributed by atoms with Crippen molar-refractivity contribution in [3.63, 3.8) is 0 Å². The lowest BCUT2D eigenvalue weighted by Gasteiger charge is -2.26. The van der Waals surface area contributed by atoms with Gasteiger partial charge in [-0.2, -0.15) is 13.2 Å². The number of carbonyl (C=O) groups is 1. The normalized spacial score (nSPS) is 19.6. The van der Waals surface area contributed by atoms with E-state index in [1.165, 1.54) is 6.92 Å². The summed E-state index contributed by atoms with van der Waals surface area (Å²) in [6.07, 6.45) is -3.39. The molecule has 1 fully saturated rings. The fraction of sp³-hybridized carbons (Fsp3) is 0.909. The molecule has 1 saturated carbocycles. The zero-order valence-corrected chi connectivity index (χ0v) is 10.2. The molecule has 0 heterocycles. The summed E-state index contributed by atoms with van der Waals surface area (Å²) in [4.78, 5) is 11.1. The fourth-order valence-corrected chi connectivity index (χ4v) is 1.49. The molecule has 0 aromatic heterocycles. The van der Waals surface area contributed by atoms with Gasteiger partial charge in [0, 0.05) is 19.1 Å². The molecule has 18 heavy (non-hydrogen) atoms. The van der Waals surface area contributed by atoms with Crippen molar-refractivity contribution in [1.29, 1.82) is 0 Å². The molecule has 0 aromatic rings. The molecule has 0 amide bonds. The Morgan fingerprint density at radius 2 is 2.06 bits per heavy atom. The van der Waals surface area contributed by atoms with Gasteiger partial charge in [-0.1, -0.05) is 0 Å². The molecule has 0 aromatic carbocycles. The Hall–Kier alpha value is -0.820. The topological polar surface area (TPSA) is 58.6 Å². The molecule has 0 radical (unpaired) electrons. The molecule has 0 spiro atoms. The summed E-state index contributed by atoms with van der Waals surface area (Å²) in [7, 11) is 0. The largest absolute Gasteiger partial charge is 0.480 e. The van der Waals surface area contributed by atoms with Crippen LogP contribution in [-0.2, 0) is 9.53 Å². The molecule has 4 nitrogen and oxygen atoms in total. The van der Waals surface area contributed by atoms with Gasteiger partial charge in [0.05, 0.1) is 6.61 Å². The highest BCUT2D eigenvalue weighted by atomic mass is 19.4. The average molecular weight is 269 g/mol. The number of carboxylic acid groups (broad SMARTS) is 1. The van der Waals surface area contributed by atoms with Crippen LogP contribution >= 0.6 is 0 Å². The van der Waals surface area contributed by atoms with E-state index in [0.29, 0.717) is 0 Å². The first-order chi connectivity index (χ1) is 8.23. The first-order valence-corrected chi connectivity index (χ1v) is 5.88. The quantitative estimate of drug-likeness (QED) is 0.661. The fourth-order valence-electron chi connectivity index (χ4n) is 1.49. The molecule has 106 valence electrons. The van der Waals surface area contributed by atoms with Crippen molar-refractivity contribution in [2.75, 3.05) is 13.2 Å². The Balaban J connectivity index is 2.23. The number of alkyl halides is 3. The number of hydrogen-bond acceptors (Lipinski definition) is 3. The van der Waals surface area contributed by atoms with Crippen molar-refractivity contribution in [1.82, 2.24) is 5.32 Å². The zero-order valence-electron chi connectivity index (χ0n) is 10.2. The second kappa shape index (κ2) is 5.88. The number of nitrogens with one attached hydrogen (secondary N) is 1. The van der Waals surface area contributed by atoms with Crippen molar-refractivity contribution >= 4 is 5.97 Å². The van der Waals surface area contributed by atoms with Gasteiger partial charge >= 0.3 is 12.1 Å². The molecule has 7 heteroatoms. The highest BCUT2D eigenvalue weighted by Crippen LogP contribution is 2.23. The molecule has 1 aliphatic rings. The molecule has 0 saturated heterocycles. The predicted octanol–water partition coefficient (Wildman–Crippen LogP) is 1.94. The van der Waals surface area contributed by atoms with Crippen LogP contribution in [0.1, 0.15) is 32.6 Å². The van der Waals surface area contributed by atoms with Crippen LogP contribution in [0.5, 0.6) is 0 Å². The average Bonchev–Trinajstić information content (AvgIpc) is 2.99. The van der Waals surface area contributed by atoms with Crippen LogP contribution in [0.4, 0.5) is 13.2 Å². The molecular weight excluding hydrogens is 251 g/mol. The Kier molecular flexibility index (Phi) is 4.98. The van der Waals surface area contributed by atoms with Crippen LogP contribution in [0.15, 0.2) is 0 Å². The van der Waals surface area contributed by atoms with Gasteiger partial charge in [-0.3, -0.25) is 10.1 Å². The lowest BCUT2D eigenvalue weighted by molar-refractivity contribution is -0.149. The number of ether oxygens (including phenoxy) is 1. The lowest BCUT2D eigenvalue weighted by Crippen LogP contribution is -2.54. The molecule has 0 aliphatic heterocycles. The van der Waals surface area contributed by atoms with E-state index < -0.39 is 24.1 Å². The standard InChI is InChI=1S/C11H18F3NO3/c1-10(9(16)17,15-8-3-4-8)7-18-6-2-5-11(12,13)14/h8,15H,2-7H2,1H3,(H,16,17). The maximum atomic E-state index is 11.9. The monoisotopic (exact) mass is 269 g/mol. The van der Waals surface area contributed by atoms with Crippen molar-refractivity contribution in [3.8, 4) is 0 Å². The Morgan fingerprint density at radius 3 is 2.50 bits per heavy atom. The van der Waals surface area contributed by atoms with E-state index in [4.69, 9.17) is 9.84 Å². The van der Waals surface area contributed by atoms with Gasteiger partial charge in [0.2, 0.25) is 0 Å². The Labute approximate surface area is 103 Å². The summed E-state index contributed by atoms with van der Waals surface area (Å²) in [6, 6.07) is 0.185. The Morgan fingerprint density at radius 1 is 1.44 bits per heavy atom. The van der Waals surface area contributed by atoms with E-state index in [1.807, 2.05) is 0 Å². The van der Waals surface area contributed by atoms with Crippen molar-refractivity contribution in [3.05, 3.63) is 0 Å². The summed E-state index contributed by atoms with van der Waals surface area (Å²) < 4.78 is 40.6. The number of hydrogen-bond donors (Lipinski definition) is 2. The smallest absolute Gasteiger partial charge is 0.389 e. The SMILES string of the molecule is CC(COCCCC(F)(F)F)(NC1CC1)C(=O)O. The second-order valence-corrected chi connectivity index (χ2v) is 4.83. The minimum Gasteiger partial charge on any atom is -0.480 e. The van der Waals surface area contributed by atoms with Gasteiger partial charge in [-0.05, 0) is 26.2 Å². The zero-order chi connectivity index (χ0) is 13.8. The van der Waals surface area contributed by atoms with Crippen LogP contribution in [0, 0.1) is 0 Å². The van der Waals surface area contributed by atoms with E-state index in [1.54, 1.807) is 0 Å². The van der Waals surface area contributed by atoms with Crippen LogP contribution in [-0.4, -0.2) is 42.0 Å². The third-order valence-corrected chi connectivity index (χ3v) is 2.71. The van der Waals surface area contributed by atoms with Gasteiger partial charge in [0.1, 0.15) is 5.54 Å². The third kappa shape index (κ3) is 5.68. The van der Waals surface area contributed by atoms with Crippen LogP contribution < -0.4 is 5.32 Å². The summed E-state index contributed by atoms with van der Waals surface area (Å²) in [6.45, 7) is 1.27. The van der Waals surface area contributed by atoms with E-state index in [-0.39, 0.29) is 25.7 Å². The number of halogens is 3. The maximum absolute atomic E-state index is 11.9. The minimum atomic E-state index is -4.19. The third-order valence-electron chi connectivity index (χ3n) is 2.71. The maximum Gasteiger partial charge on any atom is 0.389 e. The van der Waals surface area contributed by atoms with Crippen LogP contribution in [0.3, 0.4) is 0 Å². The number of carboxylic acids is 1.